The largest absolute Gasteiger partial charge is 0.497 e. The van der Waals surface area contributed by atoms with Gasteiger partial charge in [0.25, 0.3) is 5.91 Å². The second-order valence-corrected chi connectivity index (χ2v) is 6.85. The fourth-order valence-electron chi connectivity index (χ4n) is 3.17. The van der Waals surface area contributed by atoms with E-state index in [0.717, 1.165) is 22.7 Å². The normalized spacial score (nSPS) is 12.0. The lowest BCUT2D eigenvalue weighted by Gasteiger charge is -2.25. The highest BCUT2D eigenvalue weighted by molar-refractivity contribution is 5.95. The first kappa shape index (κ1) is 19.6. The highest BCUT2D eigenvalue weighted by Gasteiger charge is 2.19. The molecule has 6 heteroatoms. The molecule has 1 aromatic heterocycles. The van der Waals surface area contributed by atoms with E-state index in [2.05, 4.69) is 15.3 Å². The molecule has 1 N–H and O–H groups in total. The van der Waals surface area contributed by atoms with Gasteiger partial charge in [0, 0.05) is 6.54 Å². The quantitative estimate of drug-likeness (QED) is 0.686. The molecule has 0 aliphatic heterocycles. The number of amides is 1. The van der Waals surface area contributed by atoms with Gasteiger partial charge in [-0.25, -0.2) is 4.68 Å². The van der Waals surface area contributed by atoms with Crippen molar-refractivity contribution in [1.29, 1.82) is 0 Å². The average Bonchev–Trinajstić information content (AvgIpc) is 3.10. The predicted molar refractivity (Wildman–Crippen MR) is 110 cm³/mol. The van der Waals surface area contributed by atoms with Crippen LogP contribution in [0, 0.1) is 6.92 Å². The van der Waals surface area contributed by atoms with E-state index in [1.807, 2.05) is 75.6 Å². The lowest BCUT2D eigenvalue weighted by molar-refractivity contribution is 0.0941. The standard InChI is InChI=1S/C22H26N4O2/c1-16-20(14-24-26(16)18-8-6-5-7-9-18)22(27)23-15-21(25(2)3)17-10-12-19(28-4)13-11-17/h5-14,21H,15H2,1-4H3,(H,23,27). The van der Waals surface area contributed by atoms with Gasteiger partial charge in [-0.2, -0.15) is 5.10 Å². The fourth-order valence-corrected chi connectivity index (χ4v) is 3.17. The molecule has 1 amide bonds. The Bertz CT molecular complexity index is 917. The molecule has 0 saturated heterocycles. The Labute approximate surface area is 165 Å². The zero-order valence-electron chi connectivity index (χ0n) is 16.7. The minimum absolute atomic E-state index is 0.0549. The number of hydrogen-bond acceptors (Lipinski definition) is 4. The van der Waals surface area contributed by atoms with Crippen LogP contribution in [0.4, 0.5) is 0 Å². The Morgan fingerprint density at radius 2 is 1.82 bits per heavy atom. The van der Waals surface area contributed by atoms with Crippen molar-refractivity contribution in [1.82, 2.24) is 20.0 Å². The Hall–Kier alpha value is -3.12. The first-order valence-electron chi connectivity index (χ1n) is 9.20. The summed E-state index contributed by atoms with van der Waals surface area (Å²) in [6, 6.07) is 17.8. The van der Waals surface area contributed by atoms with Gasteiger partial charge in [0.1, 0.15) is 5.75 Å². The SMILES string of the molecule is COc1ccc(C(CNC(=O)c2cnn(-c3ccccc3)c2C)N(C)C)cc1. The van der Waals surface area contributed by atoms with Crippen LogP contribution < -0.4 is 10.1 Å². The Morgan fingerprint density at radius 3 is 2.43 bits per heavy atom. The summed E-state index contributed by atoms with van der Waals surface area (Å²) in [4.78, 5) is 14.9. The van der Waals surface area contributed by atoms with Crippen molar-refractivity contribution in [2.24, 2.45) is 0 Å². The summed E-state index contributed by atoms with van der Waals surface area (Å²) in [5.41, 5.74) is 3.44. The molecule has 1 unspecified atom stereocenters. The lowest BCUT2D eigenvalue weighted by Crippen LogP contribution is -2.34. The molecule has 0 aliphatic carbocycles. The molecular weight excluding hydrogens is 352 g/mol. The van der Waals surface area contributed by atoms with Crippen LogP contribution in [0.2, 0.25) is 0 Å². The Kier molecular flexibility index (Phi) is 6.11. The summed E-state index contributed by atoms with van der Waals surface area (Å²) in [5.74, 6) is 0.689. The number of hydrogen-bond donors (Lipinski definition) is 1. The second kappa shape index (κ2) is 8.71. The molecule has 28 heavy (non-hydrogen) atoms. The van der Waals surface area contributed by atoms with E-state index in [1.165, 1.54) is 0 Å². The molecule has 0 aliphatic rings. The van der Waals surface area contributed by atoms with Gasteiger partial charge in [0.05, 0.1) is 36.3 Å². The number of rotatable bonds is 7. The maximum Gasteiger partial charge on any atom is 0.254 e. The van der Waals surface area contributed by atoms with E-state index in [1.54, 1.807) is 18.0 Å². The average molecular weight is 378 g/mol. The van der Waals surface area contributed by atoms with Gasteiger partial charge in [-0.15, -0.1) is 0 Å². The monoisotopic (exact) mass is 378 g/mol. The van der Waals surface area contributed by atoms with Crippen LogP contribution in [0.5, 0.6) is 5.75 Å². The summed E-state index contributed by atoms with van der Waals surface area (Å²) in [7, 11) is 5.65. The van der Waals surface area contributed by atoms with Gasteiger partial charge in [-0.1, -0.05) is 30.3 Å². The number of likely N-dealkylation sites (N-methyl/N-ethyl adjacent to an activating group) is 1. The number of carbonyl (C=O) groups excluding carboxylic acids is 1. The van der Waals surface area contributed by atoms with Crippen LogP contribution in [-0.4, -0.2) is 48.3 Å². The third kappa shape index (κ3) is 4.23. The number of benzene rings is 2. The van der Waals surface area contributed by atoms with Gasteiger partial charge < -0.3 is 15.0 Å². The number of carbonyl (C=O) groups is 1. The molecule has 146 valence electrons. The van der Waals surface area contributed by atoms with Gasteiger partial charge in [0.2, 0.25) is 0 Å². The predicted octanol–water partition coefficient (Wildman–Crippen LogP) is 3.22. The summed E-state index contributed by atoms with van der Waals surface area (Å²) in [6.45, 7) is 2.40. The van der Waals surface area contributed by atoms with E-state index in [0.29, 0.717) is 12.1 Å². The number of nitrogens with zero attached hydrogens (tertiary/aromatic N) is 3. The lowest BCUT2D eigenvalue weighted by atomic mass is 10.1. The number of aromatic nitrogens is 2. The zero-order chi connectivity index (χ0) is 20.1. The van der Waals surface area contributed by atoms with Crippen LogP contribution in [-0.2, 0) is 0 Å². The molecule has 1 atom stereocenters. The van der Waals surface area contributed by atoms with Crippen LogP contribution in [0.25, 0.3) is 5.69 Å². The number of methoxy groups -OCH3 is 1. The molecule has 1 heterocycles. The molecule has 6 nitrogen and oxygen atoms in total. The highest BCUT2D eigenvalue weighted by Crippen LogP contribution is 2.21. The van der Waals surface area contributed by atoms with Crippen LogP contribution in [0.15, 0.2) is 60.8 Å². The van der Waals surface area contributed by atoms with Crippen molar-refractivity contribution in [3.63, 3.8) is 0 Å². The number of para-hydroxylation sites is 1. The van der Waals surface area contributed by atoms with E-state index >= 15 is 0 Å². The van der Waals surface area contributed by atoms with Crippen molar-refractivity contribution >= 4 is 5.91 Å². The van der Waals surface area contributed by atoms with Crippen molar-refractivity contribution in [2.45, 2.75) is 13.0 Å². The summed E-state index contributed by atoms with van der Waals surface area (Å²) in [5, 5.41) is 7.43. The van der Waals surface area contributed by atoms with Crippen LogP contribution >= 0.6 is 0 Å². The number of ether oxygens (including phenoxy) is 1. The molecule has 3 rings (SSSR count). The van der Waals surface area contributed by atoms with Crippen LogP contribution in [0.1, 0.15) is 27.7 Å². The maximum absolute atomic E-state index is 12.8. The topological polar surface area (TPSA) is 59.4 Å². The molecule has 0 fully saturated rings. The van der Waals surface area contributed by atoms with Crippen molar-refractivity contribution in [3.8, 4) is 11.4 Å². The molecule has 0 bridgehead atoms. The summed E-state index contributed by atoms with van der Waals surface area (Å²) < 4.78 is 7.00. The van der Waals surface area contributed by atoms with E-state index in [-0.39, 0.29) is 11.9 Å². The smallest absolute Gasteiger partial charge is 0.254 e. The van der Waals surface area contributed by atoms with Gasteiger partial charge in [-0.05, 0) is 50.8 Å². The summed E-state index contributed by atoms with van der Waals surface area (Å²) in [6.07, 6.45) is 1.62. The molecule has 0 radical (unpaired) electrons. The highest BCUT2D eigenvalue weighted by atomic mass is 16.5. The Balaban J connectivity index is 1.72. The van der Waals surface area contributed by atoms with E-state index in [9.17, 15) is 4.79 Å². The fraction of sp³-hybridized carbons (Fsp3) is 0.273. The van der Waals surface area contributed by atoms with Gasteiger partial charge in [0.15, 0.2) is 0 Å². The van der Waals surface area contributed by atoms with Gasteiger partial charge >= 0.3 is 0 Å². The number of nitrogens with one attached hydrogen (secondary N) is 1. The van der Waals surface area contributed by atoms with Gasteiger partial charge in [-0.3, -0.25) is 4.79 Å². The zero-order valence-corrected chi connectivity index (χ0v) is 16.7. The minimum Gasteiger partial charge on any atom is -0.497 e. The molecular formula is C22H26N4O2. The van der Waals surface area contributed by atoms with Crippen molar-refractivity contribution in [3.05, 3.63) is 77.6 Å². The Morgan fingerprint density at radius 1 is 1.14 bits per heavy atom. The first-order valence-corrected chi connectivity index (χ1v) is 9.20. The second-order valence-electron chi connectivity index (χ2n) is 6.85. The molecule has 0 spiro atoms. The maximum atomic E-state index is 12.8. The van der Waals surface area contributed by atoms with E-state index < -0.39 is 0 Å². The summed E-state index contributed by atoms with van der Waals surface area (Å²) >= 11 is 0. The molecule has 2 aromatic carbocycles. The van der Waals surface area contributed by atoms with Crippen molar-refractivity contribution in [2.75, 3.05) is 27.7 Å². The van der Waals surface area contributed by atoms with Crippen LogP contribution in [0.3, 0.4) is 0 Å². The molecule has 0 saturated carbocycles. The third-order valence-corrected chi connectivity index (χ3v) is 4.84. The molecule has 3 aromatic rings. The van der Waals surface area contributed by atoms with E-state index in [4.69, 9.17) is 4.74 Å². The first-order chi connectivity index (χ1) is 13.5. The third-order valence-electron chi connectivity index (χ3n) is 4.84. The van der Waals surface area contributed by atoms with Crippen molar-refractivity contribution < 1.29 is 9.53 Å². The minimum atomic E-state index is -0.125.